The number of benzene rings is 1. The van der Waals surface area contributed by atoms with Gasteiger partial charge >= 0.3 is 0 Å². The second kappa shape index (κ2) is 10.1. The quantitative estimate of drug-likeness (QED) is 0.732. The van der Waals surface area contributed by atoms with Gasteiger partial charge in [0.05, 0.1) is 13.2 Å². The summed E-state index contributed by atoms with van der Waals surface area (Å²) in [6.07, 6.45) is 3.32. The first-order valence-corrected chi connectivity index (χ1v) is 10.4. The Bertz CT molecular complexity index is 546. The fourth-order valence-electron chi connectivity index (χ4n) is 3.86. The molecule has 1 atom stereocenters. The van der Waals surface area contributed by atoms with Gasteiger partial charge in [0, 0.05) is 63.5 Å². The highest BCUT2D eigenvalue weighted by atomic mass is 16.5. The normalized spacial score (nSPS) is 21.8. The van der Waals surface area contributed by atoms with E-state index in [0.717, 1.165) is 57.2 Å². The van der Waals surface area contributed by atoms with Crippen molar-refractivity contribution in [2.45, 2.75) is 45.7 Å². The molecule has 2 heterocycles. The van der Waals surface area contributed by atoms with Crippen molar-refractivity contribution in [1.82, 2.24) is 15.1 Å². The molecule has 1 N–H and O–H groups in total. The maximum absolute atomic E-state index is 6.04. The monoisotopic (exact) mass is 361 g/mol. The van der Waals surface area contributed by atoms with Crippen LogP contribution in [0.5, 0.6) is 11.5 Å². The standard InChI is InChI=1S/C21H35N3O2/c1-3-13-25-20-6-5-18(21(15-20)26-14-4-2)16-23-10-7-19(17-23)24-11-8-22-9-12-24/h5-6,15,19,22H,3-4,7-14,16-17H2,1-2H3. The zero-order valence-electron chi connectivity index (χ0n) is 16.5. The molecule has 1 aromatic rings. The average molecular weight is 362 g/mol. The summed E-state index contributed by atoms with van der Waals surface area (Å²) >= 11 is 0. The fraction of sp³-hybridized carbons (Fsp3) is 0.714. The number of nitrogens with one attached hydrogen (secondary N) is 1. The van der Waals surface area contributed by atoms with E-state index in [9.17, 15) is 0 Å². The van der Waals surface area contributed by atoms with Crippen molar-refractivity contribution in [3.63, 3.8) is 0 Å². The molecule has 146 valence electrons. The van der Waals surface area contributed by atoms with Gasteiger partial charge in [0.15, 0.2) is 0 Å². The van der Waals surface area contributed by atoms with Gasteiger partial charge in [0.2, 0.25) is 0 Å². The first-order chi connectivity index (χ1) is 12.8. The minimum atomic E-state index is 0.712. The van der Waals surface area contributed by atoms with Crippen LogP contribution < -0.4 is 14.8 Å². The third kappa shape index (κ3) is 5.35. The Labute approximate surface area is 158 Å². The molecule has 0 aliphatic carbocycles. The van der Waals surface area contributed by atoms with Gasteiger partial charge in [-0.25, -0.2) is 0 Å². The molecule has 2 aliphatic rings. The SMILES string of the molecule is CCCOc1ccc(CN2CCC(N3CCNCC3)C2)c(OCCC)c1. The molecule has 3 rings (SSSR count). The Morgan fingerprint density at radius 2 is 1.81 bits per heavy atom. The summed E-state index contributed by atoms with van der Waals surface area (Å²) in [7, 11) is 0. The van der Waals surface area contributed by atoms with E-state index in [0.29, 0.717) is 6.04 Å². The number of ether oxygens (including phenoxy) is 2. The summed E-state index contributed by atoms with van der Waals surface area (Å²) in [6.45, 7) is 13.7. The lowest BCUT2D eigenvalue weighted by Gasteiger charge is -2.32. The van der Waals surface area contributed by atoms with Crippen molar-refractivity contribution in [3.8, 4) is 11.5 Å². The molecule has 2 fully saturated rings. The van der Waals surface area contributed by atoms with Gasteiger partial charge < -0.3 is 14.8 Å². The largest absolute Gasteiger partial charge is 0.493 e. The Balaban J connectivity index is 1.60. The number of piperazine rings is 1. The van der Waals surface area contributed by atoms with Crippen LogP contribution in [0.4, 0.5) is 0 Å². The highest BCUT2D eigenvalue weighted by molar-refractivity contribution is 5.41. The third-order valence-electron chi connectivity index (χ3n) is 5.28. The molecule has 0 bridgehead atoms. The molecular formula is C21H35N3O2. The molecule has 2 aliphatic heterocycles. The van der Waals surface area contributed by atoms with E-state index >= 15 is 0 Å². The van der Waals surface area contributed by atoms with Crippen LogP contribution in [0, 0.1) is 0 Å². The van der Waals surface area contributed by atoms with Crippen LogP contribution >= 0.6 is 0 Å². The first kappa shape index (κ1) is 19.5. The van der Waals surface area contributed by atoms with E-state index in [-0.39, 0.29) is 0 Å². The van der Waals surface area contributed by atoms with E-state index in [1.54, 1.807) is 0 Å². The van der Waals surface area contributed by atoms with Crippen molar-refractivity contribution in [1.29, 1.82) is 0 Å². The molecule has 26 heavy (non-hydrogen) atoms. The lowest BCUT2D eigenvalue weighted by molar-refractivity contribution is 0.170. The summed E-state index contributed by atoms with van der Waals surface area (Å²) < 4.78 is 11.8. The lowest BCUT2D eigenvalue weighted by Crippen LogP contribution is -2.49. The predicted molar refractivity (Wildman–Crippen MR) is 106 cm³/mol. The van der Waals surface area contributed by atoms with Crippen molar-refractivity contribution < 1.29 is 9.47 Å². The zero-order chi connectivity index (χ0) is 18.2. The van der Waals surface area contributed by atoms with Crippen molar-refractivity contribution in [2.75, 3.05) is 52.5 Å². The molecule has 0 aromatic heterocycles. The van der Waals surface area contributed by atoms with Crippen LogP contribution in [0.2, 0.25) is 0 Å². The molecule has 2 saturated heterocycles. The molecular weight excluding hydrogens is 326 g/mol. The Kier molecular flexibility index (Phi) is 7.59. The highest BCUT2D eigenvalue weighted by Crippen LogP contribution is 2.28. The summed E-state index contributed by atoms with van der Waals surface area (Å²) in [6, 6.07) is 7.07. The molecule has 0 amide bonds. The van der Waals surface area contributed by atoms with E-state index in [4.69, 9.17) is 9.47 Å². The van der Waals surface area contributed by atoms with E-state index < -0.39 is 0 Å². The molecule has 0 spiro atoms. The maximum Gasteiger partial charge on any atom is 0.127 e. The van der Waals surface area contributed by atoms with Crippen LogP contribution in [-0.4, -0.2) is 68.3 Å². The van der Waals surface area contributed by atoms with E-state index in [1.807, 2.05) is 0 Å². The summed E-state index contributed by atoms with van der Waals surface area (Å²) in [4.78, 5) is 5.24. The van der Waals surface area contributed by atoms with Crippen LogP contribution in [0.15, 0.2) is 18.2 Å². The maximum atomic E-state index is 6.04. The fourth-order valence-corrected chi connectivity index (χ4v) is 3.86. The van der Waals surface area contributed by atoms with Crippen LogP contribution in [0.1, 0.15) is 38.7 Å². The van der Waals surface area contributed by atoms with Crippen LogP contribution in [0.25, 0.3) is 0 Å². The van der Waals surface area contributed by atoms with Gasteiger partial charge in [-0.05, 0) is 25.3 Å². The van der Waals surface area contributed by atoms with Gasteiger partial charge in [0.1, 0.15) is 11.5 Å². The number of hydrogen-bond acceptors (Lipinski definition) is 5. The van der Waals surface area contributed by atoms with Gasteiger partial charge in [-0.2, -0.15) is 0 Å². The first-order valence-electron chi connectivity index (χ1n) is 10.4. The average Bonchev–Trinajstić information content (AvgIpc) is 3.15. The molecule has 0 radical (unpaired) electrons. The lowest BCUT2D eigenvalue weighted by atomic mass is 10.1. The Morgan fingerprint density at radius 3 is 2.58 bits per heavy atom. The predicted octanol–water partition coefficient (Wildman–Crippen LogP) is 2.74. The molecule has 5 nitrogen and oxygen atoms in total. The molecule has 5 heteroatoms. The van der Waals surface area contributed by atoms with Gasteiger partial charge in [0.25, 0.3) is 0 Å². The second-order valence-corrected chi connectivity index (χ2v) is 7.43. The number of hydrogen-bond donors (Lipinski definition) is 1. The summed E-state index contributed by atoms with van der Waals surface area (Å²) in [5.74, 6) is 1.91. The van der Waals surface area contributed by atoms with Gasteiger partial charge in [-0.3, -0.25) is 9.80 Å². The van der Waals surface area contributed by atoms with E-state index in [1.165, 1.54) is 38.2 Å². The molecule has 0 saturated carbocycles. The summed E-state index contributed by atoms with van der Waals surface area (Å²) in [5.41, 5.74) is 1.28. The zero-order valence-corrected chi connectivity index (χ0v) is 16.5. The topological polar surface area (TPSA) is 37.0 Å². The van der Waals surface area contributed by atoms with Gasteiger partial charge in [-0.15, -0.1) is 0 Å². The number of likely N-dealkylation sites (tertiary alicyclic amines) is 1. The van der Waals surface area contributed by atoms with Crippen molar-refractivity contribution in [2.24, 2.45) is 0 Å². The Morgan fingerprint density at radius 1 is 1.04 bits per heavy atom. The van der Waals surface area contributed by atoms with Crippen molar-refractivity contribution in [3.05, 3.63) is 23.8 Å². The summed E-state index contributed by atoms with van der Waals surface area (Å²) in [5, 5.41) is 3.45. The van der Waals surface area contributed by atoms with Crippen LogP contribution in [0.3, 0.4) is 0 Å². The second-order valence-electron chi connectivity index (χ2n) is 7.43. The smallest absolute Gasteiger partial charge is 0.127 e. The minimum absolute atomic E-state index is 0.712. The highest BCUT2D eigenvalue weighted by Gasteiger charge is 2.28. The molecule has 1 aromatic carbocycles. The van der Waals surface area contributed by atoms with Crippen LogP contribution in [-0.2, 0) is 6.54 Å². The Hall–Kier alpha value is -1.30. The molecule has 1 unspecified atom stereocenters. The third-order valence-corrected chi connectivity index (χ3v) is 5.28. The number of nitrogens with zero attached hydrogens (tertiary/aromatic N) is 2. The van der Waals surface area contributed by atoms with Crippen molar-refractivity contribution >= 4 is 0 Å². The van der Waals surface area contributed by atoms with E-state index in [2.05, 4.69) is 47.2 Å². The minimum Gasteiger partial charge on any atom is -0.493 e. The number of rotatable bonds is 9. The van der Waals surface area contributed by atoms with Gasteiger partial charge in [-0.1, -0.05) is 19.9 Å².